The van der Waals surface area contributed by atoms with Gasteiger partial charge in [0, 0.05) is 5.56 Å². The number of carbonyl (C=O) groups is 1. The lowest BCUT2D eigenvalue weighted by Crippen LogP contribution is -2.49. The largest absolute Gasteiger partial charge is 0.543 e. The number of amides is 1. The van der Waals surface area contributed by atoms with Gasteiger partial charge in [-0.05, 0) is 58.8 Å². The summed E-state index contributed by atoms with van der Waals surface area (Å²) in [5.41, 5.74) is -0.865. The summed E-state index contributed by atoms with van der Waals surface area (Å²) in [6.07, 6.45) is -1.55. The normalized spacial score (nSPS) is 19.7. The summed E-state index contributed by atoms with van der Waals surface area (Å²) >= 11 is 0. The Balaban J connectivity index is 2.28. The summed E-state index contributed by atoms with van der Waals surface area (Å²) in [5.74, 6) is 6.58. The van der Waals surface area contributed by atoms with Crippen LogP contribution in [0.2, 0.25) is 18.1 Å². The topological polar surface area (TPSA) is 68.2 Å². The zero-order valence-electron chi connectivity index (χ0n) is 21.2. The minimum Gasteiger partial charge on any atom is -0.543 e. The molecule has 0 radical (unpaired) electrons. The van der Waals surface area contributed by atoms with E-state index in [1.54, 1.807) is 13.8 Å². The number of nitrogens with zero attached hydrogens (tertiary/aromatic N) is 1. The molecule has 178 valence electrons. The second-order valence-electron chi connectivity index (χ2n) is 11.2. The van der Waals surface area contributed by atoms with Crippen molar-refractivity contribution in [3.05, 3.63) is 29.8 Å². The number of ether oxygens (including phenoxy) is 2. The van der Waals surface area contributed by atoms with Gasteiger partial charge in [-0.2, -0.15) is 0 Å². The second-order valence-corrected chi connectivity index (χ2v) is 15.9. The van der Waals surface area contributed by atoms with Gasteiger partial charge in [0.05, 0.1) is 6.61 Å². The first-order valence-corrected chi connectivity index (χ1v) is 14.0. The molecule has 1 heterocycles. The highest BCUT2D eigenvalue weighted by Gasteiger charge is 2.45. The Morgan fingerprint density at radius 2 is 1.81 bits per heavy atom. The van der Waals surface area contributed by atoms with Crippen molar-refractivity contribution in [2.24, 2.45) is 0 Å². The van der Waals surface area contributed by atoms with Crippen LogP contribution in [-0.4, -0.2) is 48.4 Å². The van der Waals surface area contributed by atoms with Gasteiger partial charge in [0.1, 0.15) is 29.2 Å². The molecule has 1 aliphatic heterocycles. The summed E-state index contributed by atoms with van der Waals surface area (Å²) < 4.78 is 17.8. The molecule has 6 nitrogen and oxygen atoms in total. The minimum absolute atomic E-state index is 0.0252. The van der Waals surface area contributed by atoms with E-state index in [1.165, 1.54) is 4.90 Å². The van der Waals surface area contributed by atoms with Crippen molar-refractivity contribution in [3.63, 3.8) is 0 Å². The van der Waals surface area contributed by atoms with Gasteiger partial charge in [-0.15, -0.1) is 0 Å². The molecule has 1 N–H and O–H groups in total. The number of aliphatic hydroxyl groups excluding tert-OH is 1. The SMILES string of the molecule is CC(C)(C)OC(=O)N1[C@H](C#CC(O)c2ccccc2O[Si](C)(C)C(C)(C)C)COC1(C)C. The van der Waals surface area contributed by atoms with Gasteiger partial charge in [0.25, 0.3) is 0 Å². The number of para-hydroxylation sites is 1. The van der Waals surface area contributed by atoms with Crippen LogP contribution in [0.4, 0.5) is 4.79 Å². The highest BCUT2D eigenvalue weighted by molar-refractivity contribution is 6.74. The summed E-state index contributed by atoms with van der Waals surface area (Å²) in [7, 11) is -2.09. The van der Waals surface area contributed by atoms with Gasteiger partial charge < -0.3 is 19.0 Å². The number of aliphatic hydroxyl groups is 1. The Hall–Kier alpha value is -2.01. The number of hydrogen-bond donors (Lipinski definition) is 1. The van der Waals surface area contributed by atoms with Gasteiger partial charge in [0.2, 0.25) is 8.32 Å². The van der Waals surface area contributed by atoms with E-state index in [4.69, 9.17) is 13.9 Å². The molecule has 2 rings (SSSR count). The summed E-state index contributed by atoms with van der Waals surface area (Å²) in [5, 5.41) is 10.9. The molecule has 1 unspecified atom stereocenters. The van der Waals surface area contributed by atoms with Crippen molar-refractivity contribution in [3.8, 4) is 17.6 Å². The summed E-state index contributed by atoms with van der Waals surface area (Å²) in [6, 6.07) is 6.91. The second kappa shape index (κ2) is 9.09. The van der Waals surface area contributed by atoms with Crippen molar-refractivity contribution in [2.75, 3.05) is 6.61 Å². The first kappa shape index (κ1) is 26.2. The van der Waals surface area contributed by atoms with Gasteiger partial charge in [-0.1, -0.05) is 50.8 Å². The van der Waals surface area contributed by atoms with Crippen LogP contribution in [0.15, 0.2) is 24.3 Å². The van der Waals surface area contributed by atoms with Gasteiger partial charge in [0.15, 0.2) is 0 Å². The Labute approximate surface area is 194 Å². The van der Waals surface area contributed by atoms with E-state index in [2.05, 4.69) is 45.7 Å². The Kier molecular flexibility index (Phi) is 7.45. The first-order valence-electron chi connectivity index (χ1n) is 11.1. The van der Waals surface area contributed by atoms with E-state index in [1.807, 2.05) is 45.0 Å². The van der Waals surface area contributed by atoms with E-state index in [0.717, 1.165) is 0 Å². The van der Waals surface area contributed by atoms with Crippen molar-refractivity contribution in [1.29, 1.82) is 0 Å². The molecule has 2 atom stereocenters. The molecule has 0 spiro atoms. The quantitative estimate of drug-likeness (QED) is 0.477. The number of benzene rings is 1. The zero-order chi connectivity index (χ0) is 24.5. The van der Waals surface area contributed by atoms with Crippen LogP contribution in [0.5, 0.6) is 5.75 Å². The smallest absolute Gasteiger partial charge is 0.413 e. The summed E-state index contributed by atoms with van der Waals surface area (Å²) in [4.78, 5) is 14.3. The van der Waals surface area contributed by atoms with Crippen LogP contribution < -0.4 is 4.43 Å². The van der Waals surface area contributed by atoms with E-state index < -0.39 is 37.9 Å². The third-order valence-corrected chi connectivity index (χ3v) is 10.2. The molecule has 1 amide bonds. The van der Waals surface area contributed by atoms with Crippen LogP contribution in [0.25, 0.3) is 0 Å². The Morgan fingerprint density at radius 1 is 1.22 bits per heavy atom. The highest BCUT2D eigenvalue weighted by atomic mass is 28.4. The molecule has 1 aromatic rings. The van der Waals surface area contributed by atoms with E-state index >= 15 is 0 Å². The lowest BCUT2D eigenvalue weighted by atomic mass is 10.1. The van der Waals surface area contributed by atoms with Gasteiger partial charge >= 0.3 is 6.09 Å². The van der Waals surface area contributed by atoms with Gasteiger partial charge in [-0.3, -0.25) is 4.90 Å². The molecule has 32 heavy (non-hydrogen) atoms. The molecule has 0 aliphatic carbocycles. The average Bonchev–Trinajstić information content (AvgIpc) is 2.92. The number of hydrogen-bond acceptors (Lipinski definition) is 5. The fraction of sp³-hybridized carbons (Fsp3) is 0.640. The van der Waals surface area contributed by atoms with Crippen molar-refractivity contribution >= 4 is 14.4 Å². The third kappa shape index (κ3) is 6.28. The Bertz CT molecular complexity index is 886. The molecular formula is C25H39NO5Si. The molecule has 7 heteroatoms. The highest BCUT2D eigenvalue weighted by Crippen LogP contribution is 2.39. The monoisotopic (exact) mass is 461 g/mol. The fourth-order valence-electron chi connectivity index (χ4n) is 3.05. The summed E-state index contributed by atoms with van der Waals surface area (Å²) in [6.45, 7) is 20.1. The molecule has 0 bridgehead atoms. The zero-order valence-corrected chi connectivity index (χ0v) is 22.2. The number of carbonyl (C=O) groups excluding carboxylic acids is 1. The fourth-order valence-corrected chi connectivity index (χ4v) is 4.09. The van der Waals surface area contributed by atoms with Gasteiger partial charge in [-0.25, -0.2) is 4.79 Å². The molecular weight excluding hydrogens is 422 g/mol. The molecule has 0 aromatic heterocycles. The van der Waals surface area contributed by atoms with Crippen LogP contribution >= 0.6 is 0 Å². The average molecular weight is 462 g/mol. The number of rotatable bonds is 3. The third-order valence-electron chi connectivity index (χ3n) is 5.85. The van der Waals surface area contributed by atoms with Crippen LogP contribution in [0.1, 0.15) is 67.1 Å². The van der Waals surface area contributed by atoms with Crippen molar-refractivity contribution in [1.82, 2.24) is 4.90 Å². The van der Waals surface area contributed by atoms with Crippen LogP contribution in [0, 0.1) is 11.8 Å². The van der Waals surface area contributed by atoms with E-state index in [0.29, 0.717) is 11.3 Å². The molecule has 1 fully saturated rings. The van der Waals surface area contributed by atoms with E-state index in [9.17, 15) is 9.90 Å². The van der Waals surface area contributed by atoms with Crippen LogP contribution in [-0.2, 0) is 9.47 Å². The predicted molar refractivity (Wildman–Crippen MR) is 129 cm³/mol. The van der Waals surface area contributed by atoms with Crippen molar-refractivity contribution < 1.29 is 23.8 Å². The standard InChI is InChI=1S/C25H39NO5Si/c1-23(2,3)30-22(28)26-18(17-29-25(26,7)8)15-16-20(27)19-13-11-12-14-21(19)31-32(9,10)24(4,5)6/h11-14,18,20,27H,17H2,1-10H3/t18-,20?/m1/s1. The molecule has 1 aliphatic rings. The first-order chi connectivity index (χ1) is 14.4. The minimum atomic E-state index is -2.09. The van der Waals surface area contributed by atoms with Crippen LogP contribution in [0.3, 0.4) is 0 Å². The maximum atomic E-state index is 12.8. The maximum Gasteiger partial charge on any atom is 0.413 e. The lowest BCUT2D eigenvalue weighted by Gasteiger charge is -2.37. The predicted octanol–water partition coefficient (Wildman–Crippen LogP) is 5.48. The molecule has 1 saturated heterocycles. The lowest BCUT2D eigenvalue weighted by molar-refractivity contribution is -0.0608. The maximum absolute atomic E-state index is 12.8. The molecule has 1 aromatic carbocycles. The Morgan fingerprint density at radius 3 is 2.38 bits per heavy atom. The van der Waals surface area contributed by atoms with E-state index in [-0.39, 0.29) is 11.6 Å². The molecule has 0 saturated carbocycles. The van der Waals surface area contributed by atoms with Crippen molar-refractivity contribution in [2.45, 2.75) is 97.0 Å².